The molecule has 10 heteroatoms. The Morgan fingerprint density at radius 3 is 2.59 bits per heavy atom. The van der Waals surface area contributed by atoms with Gasteiger partial charge in [0.05, 0.1) is 5.56 Å². The minimum Gasteiger partial charge on any atom is -0.457 e. The number of nitrogens with one attached hydrogen (secondary N) is 2. The Morgan fingerprint density at radius 2 is 1.85 bits per heavy atom. The summed E-state index contributed by atoms with van der Waals surface area (Å²) in [6, 6.07) is 13.8. The van der Waals surface area contributed by atoms with Crippen molar-refractivity contribution in [1.29, 1.82) is 0 Å². The number of alkyl halides is 3. The van der Waals surface area contributed by atoms with Crippen molar-refractivity contribution in [2.75, 3.05) is 11.9 Å². The minimum atomic E-state index is -4.50. The van der Waals surface area contributed by atoms with Gasteiger partial charge in [0.1, 0.15) is 23.8 Å². The van der Waals surface area contributed by atoms with Gasteiger partial charge in [-0.2, -0.15) is 13.2 Å². The molecule has 7 nitrogen and oxygen atoms in total. The van der Waals surface area contributed by atoms with Crippen molar-refractivity contribution in [3.8, 4) is 11.3 Å². The summed E-state index contributed by atoms with van der Waals surface area (Å²) >= 11 is 0. The van der Waals surface area contributed by atoms with E-state index in [1.165, 1.54) is 30.3 Å². The average Bonchev–Trinajstić information content (AvgIpc) is 3.34. The lowest BCUT2D eigenvalue weighted by atomic mass is 10.1. The second kappa shape index (κ2) is 8.89. The molecular formula is C24H18F3N3O4. The van der Waals surface area contributed by atoms with Crippen LogP contribution < -0.4 is 10.6 Å². The Balaban J connectivity index is 1.46. The molecule has 1 aromatic heterocycles. The van der Waals surface area contributed by atoms with Crippen LogP contribution >= 0.6 is 0 Å². The molecule has 0 atom stereocenters. The molecule has 1 saturated heterocycles. The maximum Gasteiger partial charge on any atom is 0.416 e. The van der Waals surface area contributed by atoms with E-state index < -0.39 is 36.1 Å². The standard InChI is InChI=1S/C24H18F3N3O4/c1-14-4-2-7-17(10-14)28-21(31)13-30-22(32)19(29-23(30)33)12-18-8-9-20(34-18)15-5-3-6-16(11-15)24(25,26)27/h2-12H,13H2,1H3,(H,28,31)(H,29,33)/b19-12+. The highest BCUT2D eigenvalue weighted by atomic mass is 19.4. The normalized spacial score (nSPS) is 15.1. The lowest BCUT2D eigenvalue weighted by molar-refractivity contribution is -0.137. The van der Waals surface area contributed by atoms with E-state index in [0.29, 0.717) is 5.69 Å². The van der Waals surface area contributed by atoms with Crippen molar-refractivity contribution < 1.29 is 32.0 Å². The molecular weight excluding hydrogens is 451 g/mol. The lowest BCUT2D eigenvalue weighted by Crippen LogP contribution is -2.38. The summed E-state index contributed by atoms with van der Waals surface area (Å²) in [6.07, 6.45) is -3.25. The molecule has 4 rings (SSSR count). The fourth-order valence-corrected chi connectivity index (χ4v) is 3.36. The number of urea groups is 1. The van der Waals surface area contributed by atoms with Gasteiger partial charge in [-0.3, -0.25) is 9.59 Å². The molecule has 0 spiro atoms. The topological polar surface area (TPSA) is 91.7 Å². The van der Waals surface area contributed by atoms with Gasteiger partial charge in [-0.05, 0) is 48.9 Å². The van der Waals surface area contributed by atoms with Crippen molar-refractivity contribution in [3.63, 3.8) is 0 Å². The third-order valence-corrected chi connectivity index (χ3v) is 4.95. The molecule has 0 aliphatic carbocycles. The minimum absolute atomic E-state index is 0.127. The van der Waals surface area contributed by atoms with Gasteiger partial charge < -0.3 is 15.1 Å². The smallest absolute Gasteiger partial charge is 0.416 e. The zero-order valence-corrected chi connectivity index (χ0v) is 17.8. The van der Waals surface area contributed by atoms with Crippen molar-refractivity contribution in [3.05, 3.63) is 83.2 Å². The number of halogens is 3. The van der Waals surface area contributed by atoms with Crippen LogP contribution in [0.15, 0.2) is 70.8 Å². The summed E-state index contributed by atoms with van der Waals surface area (Å²) in [5, 5.41) is 4.99. The summed E-state index contributed by atoms with van der Waals surface area (Å²) in [7, 11) is 0. The van der Waals surface area contributed by atoms with Crippen LogP contribution in [-0.4, -0.2) is 29.3 Å². The predicted octanol–water partition coefficient (Wildman–Crippen LogP) is 4.81. The van der Waals surface area contributed by atoms with Crippen LogP contribution in [0.4, 0.5) is 23.7 Å². The first kappa shape index (κ1) is 22.8. The first-order chi connectivity index (χ1) is 16.1. The van der Waals surface area contributed by atoms with Crippen LogP contribution in [0.2, 0.25) is 0 Å². The number of hydrogen-bond donors (Lipinski definition) is 2. The Kier molecular flexibility index (Phi) is 5.97. The summed E-state index contributed by atoms with van der Waals surface area (Å²) in [5.74, 6) is -0.993. The monoisotopic (exact) mass is 469 g/mol. The zero-order valence-electron chi connectivity index (χ0n) is 17.8. The van der Waals surface area contributed by atoms with Gasteiger partial charge in [0.15, 0.2) is 0 Å². The molecule has 0 saturated carbocycles. The van der Waals surface area contributed by atoms with Gasteiger partial charge >= 0.3 is 12.2 Å². The summed E-state index contributed by atoms with van der Waals surface area (Å²) < 4.78 is 44.4. The number of imide groups is 1. The Morgan fingerprint density at radius 1 is 1.09 bits per heavy atom. The molecule has 1 aliphatic heterocycles. The first-order valence-corrected chi connectivity index (χ1v) is 10.1. The number of amides is 4. The first-order valence-electron chi connectivity index (χ1n) is 10.1. The predicted molar refractivity (Wildman–Crippen MR) is 117 cm³/mol. The summed E-state index contributed by atoms with van der Waals surface area (Å²) in [4.78, 5) is 37.9. The van der Waals surface area contributed by atoms with E-state index in [1.54, 1.807) is 18.2 Å². The zero-order chi connectivity index (χ0) is 24.5. The maximum atomic E-state index is 13.0. The van der Waals surface area contributed by atoms with Crippen LogP contribution in [0.25, 0.3) is 17.4 Å². The molecule has 2 heterocycles. The van der Waals surface area contributed by atoms with Gasteiger partial charge in [-0.15, -0.1) is 0 Å². The van der Waals surface area contributed by atoms with Gasteiger partial charge in [0.2, 0.25) is 5.91 Å². The summed E-state index contributed by atoms with van der Waals surface area (Å²) in [5.41, 5.74) is 0.722. The van der Waals surface area contributed by atoms with E-state index in [4.69, 9.17) is 4.42 Å². The van der Waals surface area contributed by atoms with E-state index in [-0.39, 0.29) is 22.8 Å². The molecule has 0 unspecified atom stereocenters. The van der Waals surface area contributed by atoms with E-state index in [0.717, 1.165) is 22.6 Å². The molecule has 2 aromatic carbocycles. The second-order valence-electron chi connectivity index (χ2n) is 7.58. The Bertz CT molecular complexity index is 1310. The molecule has 174 valence electrons. The van der Waals surface area contributed by atoms with Gasteiger partial charge in [-0.1, -0.05) is 24.3 Å². The molecule has 3 aromatic rings. The van der Waals surface area contributed by atoms with Crippen LogP contribution in [0, 0.1) is 6.92 Å². The van der Waals surface area contributed by atoms with Gasteiger partial charge in [0.25, 0.3) is 5.91 Å². The fourth-order valence-electron chi connectivity index (χ4n) is 3.36. The van der Waals surface area contributed by atoms with Crippen LogP contribution in [0.5, 0.6) is 0 Å². The van der Waals surface area contributed by atoms with Crippen molar-refractivity contribution >= 4 is 29.6 Å². The Labute approximate surface area is 191 Å². The number of rotatable bonds is 5. The molecule has 0 radical (unpaired) electrons. The molecule has 2 N–H and O–H groups in total. The second-order valence-corrected chi connectivity index (χ2v) is 7.58. The number of benzene rings is 2. The lowest BCUT2D eigenvalue weighted by Gasteiger charge is -2.12. The summed E-state index contributed by atoms with van der Waals surface area (Å²) in [6.45, 7) is 1.36. The molecule has 34 heavy (non-hydrogen) atoms. The maximum absolute atomic E-state index is 13.0. The number of carbonyl (C=O) groups excluding carboxylic acids is 3. The van der Waals surface area contributed by atoms with Gasteiger partial charge in [-0.25, -0.2) is 9.69 Å². The van der Waals surface area contributed by atoms with Crippen molar-refractivity contribution in [2.45, 2.75) is 13.1 Å². The average molecular weight is 469 g/mol. The van der Waals surface area contributed by atoms with E-state index >= 15 is 0 Å². The fraction of sp³-hybridized carbons (Fsp3) is 0.125. The van der Waals surface area contributed by atoms with Crippen LogP contribution in [-0.2, 0) is 15.8 Å². The molecule has 0 bridgehead atoms. The van der Waals surface area contributed by atoms with Crippen molar-refractivity contribution in [2.24, 2.45) is 0 Å². The highest BCUT2D eigenvalue weighted by Crippen LogP contribution is 2.33. The molecule has 4 amide bonds. The van der Waals surface area contributed by atoms with E-state index in [9.17, 15) is 27.6 Å². The SMILES string of the molecule is Cc1cccc(NC(=O)CN2C(=O)N/C(=C/c3ccc(-c4cccc(C(F)(F)F)c4)o3)C2=O)c1. The highest BCUT2D eigenvalue weighted by Gasteiger charge is 2.35. The largest absolute Gasteiger partial charge is 0.457 e. The van der Waals surface area contributed by atoms with Crippen LogP contribution in [0.3, 0.4) is 0 Å². The number of anilines is 1. The third-order valence-electron chi connectivity index (χ3n) is 4.95. The number of aryl methyl sites for hydroxylation is 1. The van der Waals surface area contributed by atoms with E-state index in [2.05, 4.69) is 10.6 Å². The number of carbonyl (C=O) groups is 3. The Hall–Kier alpha value is -4.34. The number of nitrogens with zero attached hydrogens (tertiary/aromatic N) is 1. The van der Waals surface area contributed by atoms with Gasteiger partial charge in [0, 0.05) is 17.3 Å². The molecule has 1 fully saturated rings. The third kappa shape index (κ3) is 5.01. The number of furan rings is 1. The quantitative estimate of drug-likeness (QED) is 0.415. The van der Waals surface area contributed by atoms with Crippen LogP contribution in [0.1, 0.15) is 16.9 Å². The number of hydrogen-bond acceptors (Lipinski definition) is 4. The highest BCUT2D eigenvalue weighted by molar-refractivity contribution is 6.15. The van der Waals surface area contributed by atoms with Crippen molar-refractivity contribution in [1.82, 2.24) is 10.2 Å². The van der Waals surface area contributed by atoms with E-state index in [1.807, 2.05) is 13.0 Å². The molecule has 1 aliphatic rings.